The van der Waals surface area contributed by atoms with Crippen LogP contribution in [-0.4, -0.2) is 172 Å². The maximum atomic E-state index is 12.5. The first-order valence-corrected chi connectivity index (χ1v) is 40.8. The number of ether oxygens (including phenoxy) is 7. The van der Waals surface area contributed by atoms with E-state index in [0.29, 0.717) is 168 Å². The van der Waals surface area contributed by atoms with E-state index in [0.717, 1.165) is 74.3 Å². The van der Waals surface area contributed by atoms with Gasteiger partial charge in [0.2, 0.25) is 5.91 Å². The molecule has 127 heavy (non-hydrogen) atoms. The van der Waals surface area contributed by atoms with Crippen molar-refractivity contribution in [2.75, 3.05) is 159 Å². The first-order valence-electron chi connectivity index (χ1n) is 40.0. The lowest BCUT2D eigenvalue weighted by Gasteiger charge is -2.21. The van der Waals surface area contributed by atoms with Gasteiger partial charge in [-0.05, 0) is 108 Å². The Labute approximate surface area is 740 Å². The molecule has 0 unspecified atom stereocenters. The number of benzene rings is 7. The van der Waals surface area contributed by atoms with Crippen LogP contribution in [0.25, 0.3) is 22.6 Å². The van der Waals surface area contributed by atoms with Crippen molar-refractivity contribution in [2.24, 2.45) is 5.73 Å². The van der Waals surface area contributed by atoms with Gasteiger partial charge in [0.15, 0.2) is 22.6 Å². The van der Waals surface area contributed by atoms with Crippen LogP contribution in [0.4, 0.5) is 90.0 Å². The number of carbonyl (C=O) groups excluding carboxylic acids is 3. The fourth-order valence-corrected chi connectivity index (χ4v) is 13.4. The highest BCUT2D eigenvalue weighted by atomic mass is 35.5. The zero-order chi connectivity index (χ0) is 89.3. The normalized spacial score (nSPS) is 12.0. The van der Waals surface area contributed by atoms with Crippen molar-refractivity contribution in [3.8, 4) is 40.2 Å². The van der Waals surface area contributed by atoms with Crippen LogP contribution in [0.2, 0.25) is 10.3 Å². The van der Waals surface area contributed by atoms with Crippen molar-refractivity contribution in [3.63, 3.8) is 0 Å². The third-order valence-electron chi connectivity index (χ3n) is 19.2. The molecule has 7 aromatic carbocycles. The summed E-state index contributed by atoms with van der Waals surface area (Å²) in [6, 6.07) is 59.9. The van der Waals surface area contributed by atoms with Crippen LogP contribution < -0.4 is 113 Å². The number of halogens is 2. The predicted octanol–water partition coefficient (Wildman–Crippen LogP) is 13.3. The Balaban J connectivity index is 0.000000141. The second-order valence-corrected chi connectivity index (χ2v) is 29.3. The van der Waals surface area contributed by atoms with E-state index in [-0.39, 0.29) is 24.4 Å². The molecule has 5 amide bonds. The molecule has 15 aromatic rings. The lowest BCUT2D eigenvalue weighted by atomic mass is 10.2. The molecule has 658 valence electrons. The summed E-state index contributed by atoms with van der Waals surface area (Å²) in [6.07, 6.45) is 7.14. The molecule has 37 nitrogen and oxygen atoms in total. The fourth-order valence-electron chi connectivity index (χ4n) is 13.1. The molecule has 2 aliphatic rings. The third-order valence-corrected chi connectivity index (χ3v) is 19.6. The number of aromatic nitrogens is 12. The molecule has 0 atom stereocenters. The Morgan fingerprint density at radius 1 is 0.480 bits per heavy atom. The summed E-state index contributed by atoms with van der Waals surface area (Å²) in [5.74, 6) is 9.49. The number of nitrogens with zero attached hydrogens (tertiary/aromatic N) is 15. The third kappa shape index (κ3) is 24.2. The zero-order valence-corrected chi connectivity index (χ0v) is 72.1. The maximum absolute atomic E-state index is 12.5. The van der Waals surface area contributed by atoms with Gasteiger partial charge >= 0.3 is 12.1 Å². The van der Waals surface area contributed by atoms with Gasteiger partial charge in [0, 0.05) is 132 Å². The molecule has 2 aliphatic heterocycles. The minimum absolute atomic E-state index is 0.161. The Bertz CT molecular complexity index is 6240. The predicted molar refractivity (Wildman–Crippen MR) is 495 cm³/mol. The quantitative estimate of drug-likeness (QED) is 0.0170. The highest BCUT2D eigenvalue weighted by molar-refractivity contribution is 6.30. The summed E-state index contributed by atoms with van der Waals surface area (Å²) < 4.78 is 44.6. The molecule has 8 bridgehead atoms. The van der Waals surface area contributed by atoms with Gasteiger partial charge in [-0.15, -0.1) is 0 Å². The number of rotatable bonds is 22. The molecule has 17 rings (SSSR count). The standard InChI is InChI=1S/C25H27ClN6O3.C24H25N7O3.C16H17N7O2.C15H16ClN5O.C8H12N2O/c1-31(16-17-8-10-19(34-2)11-9-17)24-14-22(26)30-25-21(15-28-32(24)25)29-23(33)7-4-12-35-20-6-3-5-18(27)13-20;1-30(15-16-6-8-18(33-2)9-7-16)22-13-21-27-17-4-3-5-19(12-17)34-11-10-25-24(32)28-20-14-26-31(22)23(20)29-21;1-17-14-8-13-20-10-3-2-4-11(7-10)25-6-5-18-16(24)21-12-9-19-23(14)15(12)22-13;1-20(9-10-3-5-11(22-2)6-4-10)14-7-13(16)19-15-12(17)8-18-21(14)15;9-4-5-11-8-3-1-2-7(10)6-8/h3,5-6,8-11,13-15H,4,7,12,16,27H2,1-2H3,(H,29,33);3-9,12-14H,10-11,15H2,1-2H3,(H,27,29)(H2,25,28,32);2-4,7-9,17H,5-6H2,1H3,(H,20,22)(H2,18,21,24);3-8H,9,17H2,1-2H3;1-3,6H,4-5,9-10H2. The van der Waals surface area contributed by atoms with Gasteiger partial charge in [0.25, 0.3) is 0 Å². The average Bonchev–Trinajstić information content (AvgIpc) is 1.94. The van der Waals surface area contributed by atoms with Crippen LogP contribution in [0.3, 0.4) is 0 Å². The highest BCUT2D eigenvalue weighted by Gasteiger charge is 2.22. The molecule has 16 N–H and O–H groups in total. The summed E-state index contributed by atoms with van der Waals surface area (Å²) in [4.78, 5) is 60.9. The average molecular weight is 1760 g/mol. The molecule has 0 spiro atoms. The van der Waals surface area contributed by atoms with Crippen LogP contribution in [0.5, 0.6) is 40.2 Å². The van der Waals surface area contributed by atoms with Crippen LogP contribution in [0.1, 0.15) is 29.5 Å². The minimum Gasteiger partial charge on any atom is -0.497 e. The van der Waals surface area contributed by atoms with E-state index in [2.05, 4.69) is 82.8 Å². The van der Waals surface area contributed by atoms with Crippen molar-refractivity contribution >= 4 is 144 Å². The number of carbonyl (C=O) groups is 3. The highest BCUT2D eigenvalue weighted by Crippen LogP contribution is 2.33. The van der Waals surface area contributed by atoms with E-state index in [4.69, 9.17) is 84.3 Å². The number of anilines is 14. The molecule has 0 radical (unpaired) electrons. The molecule has 10 heterocycles. The van der Waals surface area contributed by atoms with Crippen LogP contribution >= 0.6 is 23.2 Å². The molecule has 8 aromatic heterocycles. The van der Waals surface area contributed by atoms with Gasteiger partial charge in [-0.2, -0.15) is 38.5 Å². The lowest BCUT2D eigenvalue weighted by molar-refractivity contribution is -0.116. The largest absolute Gasteiger partial charge is 0.497 e. The monoisotopic (exact) mass is 1760 g/mol. The van der Waals surface area contributed by atoms with E-state index in [1.54, 1.807) is 102 Å². The van der Waals surface area contributed by atoms with Gasteiger partial charge in [-0.25, -0.2) is 29.5 Å². The van der Waals surface area contributed by atoms with Gasteiger partial charge in [0.05, 0.1) is 71.5 Å². The number of fused-ring (bicyclic) bond motifs is 8. The molecule has 0 aliphatic carbocycles. The Morgan fingerprint density at radius 2 is 0.913 bits per heavy atom. The maximum Gasteiger partial charge on any atom is 0.319 e. The second-order valence-electron chi connectivity index (χ2n) is 28.5. The van der Waals surface area contributed by atoms with Gasteiger partial charge in [-0.1, -0.05) is 83.9 Å². The summed E-state index contributed by atoms with van der Waals surface area (Å²) in [5, 5.41) is 41.9. The van der Waals surface area contributed by atoms with E-state index >= 15 is 0 Å². The molecular formula is C88H97Cl2N27O10. The molecule has 0 fully saturated rings. The summed E-state index contributed by atoms with van der Waals surface area (Å²) in [6.45, 7) is 4.86. The number of nitrogens with two attached hydrogens (primary N) is 4. The Kier molecular flexibility index (Phi) is 30.1. The van der Waals surface area contributed by atoms with Gasteiger partial charge in [-0.3, -0.25) is 4.79 Å². The smallest absolute Gasteiger partial charge is 0.319 e. The van der Waals surface area contributed by atoms with Crippen molar-refractivity contribution in [3.05, 3.63) is 246 Å². The van der Waals surface area contributed by atoms with Gasteiger partial charge in [0.1, 0.15) is 122 Å². The summed E-state index contributed by atoms with van der Waals surface area (Å²) in [7, 11) is 12.6. The number of amides is 5. The number of nitrogens with one attached hydrogen (secondary N) is 8. The van der Waals surface area contributed by atoms with E-state index < -0.39 is 0 Å². The second kappa shape index (κ2) is 42.9. The molecule has 0 saturated heterocycles. The number of methoxy groups -OCH3 is 3. The van der Waals surface area contributed by atoms with E-state index in [9.17, 15) is 14.4 Å². The van der Waals surface area contributed by atoms with Crippen LogP contribution in [0, 0.1) is 0 Å². The van der Waals surface area contributed by atoms with Crippen LogP contribution in [-0.2, 0) is 24.4 Å². The Hall–Kier alpha value is -15.6. The lowest BCUT2D eigenvalue weighted by Crippen LogP contribution is -2.32. The molecular weight excluding hydrogens is 1670 g/mol. The van der Waals surface area contributed by atoms with Crippen molar-refractivity contribution < 1.29 is 47.5 Å². The number of urea groups is 2. The van der Waals surface area contributed by atoms with E-state index in [1.807, 2.05) is 195 Å². The topological polar surface area (TPSA) is 447 Å². The van der Waals surface area contributed by atoms with E-state index in [1.165, 1.54) is 0 Å². The first-order chi connectivity index (χ1) is 61.6. The minimum atomic E-state index is -0.349. The van der Waals surface area contributed by atoms with Crippen molar-refractivity contribution in [1.82, 2.24) is 69.0 Å². The Morgan fingerprint density at radius 3 is 1.40 bits per heavy atom. The first kappa shape index (κ1) is 89.1. The zero-order valence-electron chi connectivity index (χ0n) is 70.6. The SMILES string of the molecule is CNc1cc2nc3c(cnn13)NC(=O)NCCOc1cccc(c1)N2.COc1ccc(CN(C)c2cc(Cl)nc3c(N)cnn23)cc1.COc1ccc(CN(C)c2cc(Cl)nc3c(NC(=O)CCCOc4cccc(N)c4)cnn23)cc1.COc1ccc(CN(C)c2cc3nc4c(cnn24)NC(=O)NCCOc2cccc(c2)N3)cc1.NCCOc1cccc(N)c1. The van der Waals surface area contributed by atoms with Gasteiger partial charge < -0.3 is 113 Å². The van der Waals surface area contributed by atoms with Crippen molar-refractivity contribution in [1.29, 1.82) is 0 Å². The molecule has 0 saturated carbocycles. The number of hydrogen-bond acceptors (Lipinski definition) is 28. The fraction of sp³-hybridized carbons (Fsp3) is 0.216. The number of hydrogen-bond donors (Lipinski definition) is 12. The molecule has 39 heteroatoms. The summed E-state index contributed by atoms with van der Waals surface area (Å²) in [5.41, 5.74) is 32.9. The number of nitrogen functional groups attached to an aromatic ring is 3. The van der Waals surface area contributed by atoms with Crippen LogP contribution in [0.15, 0.2) is 219 Å². The van der Waals surface area contributed by atoms with Crippen molar-refractivity contribution in [2.45, 2.75) is 32.5 Å². The summed E-state index contributed by atoms with van der Waals surface area (Å²) >= 11 is 12.4.